The highest BCUT2D eigenvalue weighted by Gasteiger charge is 2.34. The zero-order valence-electron chi connectivity index (χ0n) is 25.6. The molecule has 1 N–H and O–H groups in total. The number of aliphatic hydroxyl groups is 1. The van der Waals surface area contributed by atoms with Crippen molar-refractivity contribution in [2.45, 2.75) is 78.3 Å². The Morgan fingerprint density at radius 2 is 1.70 bits per heavy atom. The SMILES string of the molecule is CCOc1ccc(S(=O)(=O)c2cnc3ccc(SC)cc3c2N2CCC(N3CCC(N4CCC[C@@H](O)C4)CC3)CC2)cc1F. The second kappa shape index (κ2) is 13.5. The lowest BCUT2D eigenvalue weighted by Gasteiger charge is -2.45. The van der Waals surface area contributed by atoms with Crippen LogP contribution in [0.3, 0.4) is 0 Å². The van der Waals surface area contributed by atoms with Crippen molar-refractivity contribution < 1.29 is 22.7 Å². The summed E-state index contributed by atoms with van der Waals surface area (Å²) in [5.41, 5.74) is 1.39. The first-order valence-corrected chi connectivity index (χ1v) is 18.5. The number of hydrogen-bond donors (Lipinski definition) is 1. The van der Waals surface area contributed by atoms with Gasteiger partial charge in [-0.25, -0.2) is 12.8 Å². The maximum atomic E-state index is 14.8. The number of pyridine rings is 1. The molecule has 4 heterocycles. The number of aliphatic hydroxyl groups excluding tert-OH is 1. The van der Waals surface area contributed by atoms with Crippen LogP contribution in [0.1, 0.15) is 45.4 Å². The van der Waals surface area contributed by atoms with Crippen molar-refractivity contribution in [2.75, 3.05) is 57.0 Å². The molecular weight excluding hydrogens is 600 g/mol. The quantitative estimate of drug-likeness (QED) is 0.333. The molecule has 2 aromatic carbocycles. The van der Waals surface area contributed by atoms with Gasteiger partial charge in [0.25, 0.3) is 0 Å². The highest BCUT2D eigenvalue weighted by Crippen LogP contribution is 2.39. The van der Waals surface area contributed by atoms with E-state index in [2.05, 4.69) is 19.7 Å². The minimum Gasteiger partial charge on any atom is -0.491 e. The van der Waals surface area contributed by atoms with Gasteiger partial charge in [-0.05, 0) is 108 Å². The second-order valence-electron chi connectivity index (χ2n) is 12.2. The Kier molecular flexibility index (Phi) is 9.68. The molecule has 0 spiro atoms. The van der Waals surface area contributed by atoms with Crippen LogP contribution in [0.15, 0.2) is 57.3 Å². The van der Waals surface area contributed by atoms with E-state index in [9.17, 15) is 17.9 Å². The molecule has 238 valence electrons. The number of halogens is 1. The van der Waals surface area contributed by atoms with Crippen LogP contribution < -0.4 is 9.64 Å². The molecule has 3 fully saturated rings. The number of hydrogen-bond acceptors (Lipinski definition) is 9. The number of fused-ring (bicyclic) bond motifs is 1. The summed E-state index contributed by atoms with van der Waals surface area (Å²) in [4.78, 5) is 12.9. The smallest absolute Gasteiger partial charge is 0.210 e. The second-order valence-corrected chi connectivity index (χ2v) is 15.0. The molecule has 0 unspecified atom stereocenters. The number of β-amino-alcohol motifs (C(OH)–C–C–N with tert-alkyl or cyclic N) is 1. The number of aromatic nitrogens is 1. The van der Waals surface area contributed by atoms with E-state index in [1.165, 1.54) is 18.3 Å². The van der Waals surface area contributed by atoms with Crippen molar-refractivity contribution >= 4 is 38.2 Å². The molecule has 0 radical (unpaired) electrons. The van der Waals surface area contributed by atoms with Gasteiger partial charge in [-0.15, -0.1) is 11.8 Å². The summed E-state index contributed by atoms with van der Waals surface area (Å²) < 4.78 is 48.3. The van der Waals surface area contributed by atoms with E-state index >= 15 is 0 Å². The lowest BCUT2D eigenvalue weighted by molar-refractivity contribution is 0.0170. The molecule has 3 aliphatic heterocycles. The van der Waals surface area contributed by atoms with Crippen LogP contribution in [0, 0.1) is 5.82 Å². The number of benzene rings is 2. The Morgan fingerprint density at radius 3 is 2.39 bits per heavy atom. The number of ether oxygens (including phenoxy) is 1. The molecule has 0 amide bonds. The van der Waals surface area contributed by atoms with Crippen LogP contribution in [0.2, 0.25) is 0 Å². The molecular formula is C33H43FN4O4S2. The number of thioether (sulfide) groups is 1. The van der Waals surface area contributed by atoms with Crippen molar-refractivity contribution in [2.24, 2.45) is 0 Å². The number of likely N-dealkylation sites (tertiary alicyclic amines) is 2. The zero-order chi connectivity index (χ0) is 30.8. The fraction of sp³-hybridized carbons (Fsp3) is 0.545. The maximum absolute atomic E-state index is 14.8. The first-order chi connectivity index (χ1) is 21.3. The third kappa shape index (κ3) is 6.44. The monoisotopic (exact) mass is 642 g/mol. The first-order valence-electron chi connectivity index (χ1n) is 15.8. The van der Waals surface area contributed by atoms with Crippen LogP contribution in [0.5, 0.6) is 5.75 Å². The van der Waals surface area contributed by atoms with E-state index in [0.29, 0.717) is 17.8 Å². The third-order valence-electron chi connectivity index (χ3n) is 9.56. The Morgan fingerprint density at radius 1 is 0.977 bits per heavy atom. The van der Waals surface area contributed by atoms with Crippen LogP contribution in [0.25, 0.3) is 10.9 Å². The maximum Gasteiger partial charge on any atom is 0.210 e. The lowest BCUT2D eigenvalue weighted by Crippen LogP contribution is -2.53. The van der Waals surface area contributed by atoms with Gasteiger partial charge in [0.2, 0.25) is 9.84 Å². The molecule has 3 aromatic rings. The molecule has 0 saturated carbocycles. The normalized spacial score (nSPS) is 21.6. The lowest BCUT2D eigenvalue weighted by atomic mass is 9.95. The van der Waals surface area contributed by atoms with Crippen LogP contribution in [-0.2, 0) is 9.84 Å². The molecule has 11 heteroatoms. The van der Waals surface area contributed by atoms with E-state index < -0.39 is 15.7 Å². The summed E-state index contributed by atoms with van der Waals surface area (Å²) in [6.45, 7) is 7.50. The van der Waals surface area contributed by atoms with Crippen LogP contribution in [-0.4, -0.2) is 98.6 Å². The summed E-state index contributed by atoms with van der Waals surface area (Å²) in [5, 5.41) is 10.9. The van der Waals surface area contributed by atoms with Gasteiger partial charge in [-0.3, -0.25) is 9.88 Å². The fourth-order valence-electron chi connectivity index (χ4n) is 7.22. The van der Waals surface area contributed by atoms with Crippen molar-refractivity contribution in [3.05, 3.63) is 48.4 Å². The molecule has 1 aromatic heterocycles. The Labute approximate surface area is 264 Å². The molecule has 44 heavy (non-hydrogen) atoms. The molecule has 3 aliphatic rings. The predicted molar refractivity (Wildman–Crippen MR) is 173 cm³/mol. The minimum absolute atomic E-state index is 0.0348. The van der Waals surface area contributed by atoms with Crippen molar-refractivity contribution in [3.8, 4) is 5.75 Å². The molecule has 0 bridgehead atoms. The van der Waals surface area contributed by atoms with E-state index in [-0.39, 0.29) is 28.3 Å². The zero-order valence-corrected chi connectivity index (χ0v) is 27.3. The number of nitrogens with zero attached hydrogens (tertiary/aromatic N) is 4. The summed E-state index contributed by atoms with van der Waals surface area (Å²) in [6.07, 6.45) is 9.37. The van der Waals surface area contributed by atoms with Gasteiger partial charge >= 0.3 is 0 Å². The van der Waals surface area contributed by atoms with Crippen LogP contribution in [0.4, 0.5) is 10.1 Å². The standard InChI is InChI=1S/C33H43FN4O4S2/c1-3-42-31-9-7-27(20-29(31)34)44(40,41)32-21-35-30-8-6-26(43-2)19-28(30)33(32)37-17-12-23(13-18-37)36-15-10-24(11-16-36)38-14-4-5-25(39)22-38/h6-9,19-21,23-25,39H,3-5,10-18,22H2,1-2H3/t25-/m1/s1. The number of sulfone groups is 1. The summed E-state index contributed by atoms with van der Waals surface area (Å²) >= 11 is 1.60. The average molecular weight is 643 g/mol. The fourth-order valence-corrected chi connectivity index (χ4v) is 9.11. The van der Waals surface area contributed by atoms with E-state index in [0.717, 1.165) is 99.7 Å². The third-order valence-corrected chi connectivity index (χ3v) is 12.0. The van der Waals surface area contributed by atoms with E-state index in [4.69, 9.17) is 4.74 Å². The van der Waals surface area contributed by atoms with Gasteiger partial charge in [0.15, 0.2) is 11.6 Å². The molecule has 0 aliphatic carbocycles. The van der Waals surface area contributed by atoms with Crippen molar-refractivity contribution in [1.29, 1.82) is 0 Å². The largest absolute Gasteiger partial charge is 0.491 e. The summed E-state index contributed by atoms with van der Waals surface area (Å²) in [5.74, 6) is -0.665. The van der Waals surface area contributed by atoms with E-state index in [1.54, 1.807) is 18.7 Å². The van der Waals surface area contributed by atoms with Gasteiger partial charge in [-0.1, -0.05) is 0 Å². The molecule has 1 atom stereocenters. The minimum atomic E-state index is -4.08. The number of rotatable bonds is 8. The summed E-state index contributed by atoms with van der Waals surface area (Å²) in [6, 6.07) is 10.8. The number of anilines is 1. The first kappa shape index (κ1) is 31.5. The van der Waals surface area contributed by atoms with Gasteiger partial charge in [0.1, 0.15) is 4.90 Å². The summed E-state index contributed by atoms with van der Waals surface area (Å²) in [7, 11) is -4.08. The molecule has 3 saturated heterocycles. The van der Waals surface area contributed by atoms with Crippen LogP contribution >= 0.6 is 11.8 Å². The van der Waals surface area contributed by atoms with Gasteiger partial charge in [0, 0.05) is 48.2 Å². The Hall–Kier alpha value is -2.44. The highest BCUT2D eigenvalue weighted by molar-refractivity contribution is 7.98. The van der Waals surface area contributed by atoms with Gasteiger partial charge < -0.3 is 19.6 Å². The Bertz CT molecular complexity index is 1570. The van der Waals surface area contributed by atoms with Crippen molar-refractivity contribution in [3.63, 3.8) is 0 Å². The Balaban J connectivity index is 1.24. The average Bonchev–Trinajstić information content (AvgIpc) is 3.05. The predicted octanol–water partition coefficient (Wildman–Crippen LogP) is 5.22. The topological polar surface area (TPSA) is 86.2 Å². The van der Waals surface area contributed by atoms with Crippen molar-refractivity contribution in [1.82, 2.24) is 14.8 Å². The van der Waals surface area contributed by atoms with Gasteiger partial charge in [-0.2, -0.15) is 0 Å². The number of piperidine rings is 3. The van der Waals surface area contributed by atoms with E-state index in [1.807, 2.05) is 24.5 Å². The molecule has 6 rings (SSSR count). The highest BCUT2D eigenvalue weighted by atomic mass is 32.2. The van der Waals surface area contributed by atoms with Gasteiger partial charge in [0.05, 0.1) is 28.8 Å². The molecule has 8 nitrogen and oxygen atoms in total.